The fraction of sp³-hybridized carbons (Fsp3) is 0.250. The van der Waals surface area contributed by atoms with Crippen molar-refractivity contribution in [3.63, 3.8) is 0 Å². The summed E-state index contributed by atoms with van der Waals surface area (Å²) >= 11 is 5.89. The van der Waals surface area contributed by atoms with E-state index in [4.69, 9.17) is 11.6 Å². The number of halogens is 1. The minimum Gasteiger partial charge on any atom is -0.504 e. The van der Waals surface area contributed by atoms with Crippen molar-refractivity contribution in [3.8, 4) is 11.5 Å². The van der Waals surface area contributed by atoms with Crippen LogP contribution < -0.4 is 0 Å². The zero-order valence-electron chi connectivity index (χ0n) is 11.0. The van der Waals surface area contributed by atoms with Crippen molar-refractivity contribution in [1.29, 1.82) is 0 Å². The van der Waals surface area contributed by atoms with Gasteiger partial charge in [-0.2, -0.15) is 0 Å². The standard InChI is InChI=1S/C16H16ClNO2/c17-14-3-1-11(2-4-14)9-18-6-5-12-7-15(19)16(20)8-13(12)10-18/h1-4,7-8,19-20H,5-6,9-10H2. The average molecular weight is 290 g/mol. The summed E-state index contributed by atoms with van der Waals surface area (Å²) in [5, 5.41) is 19.9. The fourth-order valence-corrected chi connectivity index (χ4v) is 2.75. The maximum absolute atomic E-state index is 9.60. The van der Waals surface area contributed by atoms with E-state index in [1.165, 1.54) is 5.56 Å². The third kappa shape index (κ3) is 2.74. The third-order valence-electron chi connectivity index (χ3n) is 3.71. The summed E-state index contributed by atoms with van der Waals surface area (Å²) in [6, 6.07) is 11.2. The number of aromatic hydroxyl groups is 2. The molecule has 104 valence electrons. The van der Waals surface area contributed by atoms with Crippen LogP contribution in [0.3, 0.4) is 0 Å². The monoisotopic (exact) mass is 289 g/mol. The molecule has 0 amide bonds. The van der Waals surface area contributed by atoms with Crippen LogP contribution in [0.5, 0.6) is 11.5 Å². The summed E-state index contributed by atoms with van der Waals surface area (Å²) in [5.41, 5.74) is 3.43. The fourth-order valence-electron chi connectivity index (χ4n) is 2.62. The van der Waals surface area contributed by atoms with Crippen molar-refractivity contribution in [2.75, 3.05) is 6.54 Å². The molecule has 1 aliphatic rings. The number of fused-ring (bicyclic) bond motifs is 1. The smallest absolute Gasteiger partial charge is 0.157 e. The van der Waals surface area contributed by atoms with Gasteiger partial charge in [-0.15, -0.1) is 0 Å². The summed E-state index contributed by atoms with van der Waals surface area (Å²) in [7, 11) is 0. The van der Waals surface area contributed by atoms with Crippen LogP contribution in [0.1, 0.15) is 16.7 Å². The Kier molecular flexibility index (Phi) is 3.55. The largest absolute Gasteiger partial charge is 0.504 e. The van der Waals surface area contributed by atoms with Crippen molar-refractivity contribution in [1.82, 2.24) is 4.90 Å². The van der Waals surface area contributed by atoms with Gasteiger partial charge in [-0.05, 0) is 47.4 Å². The molecule has 3 rings (SSSR count). The van der Waals surface area contributed by atoms with Crippen molar-refractivity contribution >= 4 is 11.6 Å². The molecule has 0 aromatic heterocycles. The number of nitrogens with zero attached hydrogens (tertiary/aromatic N) is 1. The molecule has 0 fully saturated rings. The van der Waals surface area contributed by atoms with E-state index in [1.54, 1.807) is 12.1 Å². The summed E-state index contributed by atoms with van der Waals surface area (Å²) in [6.07, 6.45) is 0.886. The predicted molar refractivity (Wildman–Crippen MR) is 79.0 cm³/mol. The van der Waals surface area contributed by atoms with Crippen LogP contribution in [0.2, 0.25) is 5.02 Å². The summed E-state index contributed by atoms with van der Waals surface area (Å²) < 4.78 is 0. The SMILES string of the molecule is Oc1cc2c(cc1O)CN(Cc1ccc(Cl)cc1)CC2. The van der Waals surface area contributed by atoms with E-state index in [9.17, 15) is 10.2 Å². The lowest BCUT2D eigenvalue weighted by molar-refractivity contribution is 0.244. The molecule has 0 atom stereocenters. The van der Waals surface area contributed by atoms with Crippen molar-refractivity contribution in [3.05, 3.63) is 58.1 Å². The number of phenolic OH excluding ortho intramolecular Hbond substituents is 2. The van der Waals surface area contributed by atoms with Gasteiger partial charge in [0.1, 0.15) is 0 Å². The molecule has 1 aliphatic heterocycles. The van der Waals surface area contributed by atoms with Gasteiger partial charge in [0.15, 0.2) is 11.5 Å². The minimum atomic E-state index is -0.0444. The Labute approximate surface area is 123 Å². The van der Waals surface area contributed by atoms with Crippen LogP contribution in [0.15, 0.2) is 36.4 Å². The van der Waals surface area contributed by atoms with Crippen molar-refractivity contribution in [2.45, 2.75) is 19.5 Å². The molecule has 2 N–H and O–H groups in total. The quantitative estimate of drug-likeness (QED) is 0.834. The summed E-state index contributed by atoms with van der Waals surface area (Å²) in [6.45, 7) is 2.59. The Bertz CT molecular complexity index is 625. The molecular weight excluding hydrogens is 274 g/mol. The highest BCUT2D eigenvalue weighted by Crippen LogP contribution is 2.31. The third-order valence-corrected chi connectivity index (χ3v) is 3.96. The zero-order chi connectivity index (χ0) is 14.1. The van der Waals surface area contributed by atoms with Crippen LogP contribution in [0.25, 0.3) is 0 Å². The highest BCUT2D eigenvalue weighted by Gasteiger charge is 2.18. The van der Waals surface area contributed by atoms with E-state index in [0.29, 0.717) is 0 Å². The van der Waals surface area contributed by atoms with Gasteiger partial charge >= 0.3 is 0 Å². The Hall–Kier alpha value is -1.71. The molecule has 0 saturated heterocycles. The van der Waals surface area contributed by atoms with Gasteiger partial charge in [-0.25, -0.2) is 0 Å². The normalized spacial score (nSPS) is 15.1. The number of hydrogen-bond donors (Lipinski definition) is 2. The molecule has 3 nitrogen and oxygen atoms in total. The van der Waals surface area contributed by atoms with E-state index in [0.717, 1.165) is 42.2 Å². The number of hydrogen-bond acceptors (Lipinski definition) is 3. The van der Waals surface area contributed by atoms with Crippen LogP contribution in [-0.2, 0) is 19.5 Å². The van der Waals surface area contributed by atoms with Gasteiger partial charge in [-0.1, -0.05) is 23.7 Å². The van der Waals surface area contributed by atoms with E-state index < -0.39 is 0 Å². The van der Waals surface area contributed by atoms with Gasteiger partial charge in [0, 0.05) is 24.7 Å². The molecular formula is C16H16ClNO2. The van der Waals surface area contributed by atoms with Crippen molar-refractivity contribution in [2.24, 2.45) is 0 Å². The van der Waals surface area contributed by atoms with Gasteiger partial charge in [0.05, 0.1) is 0 Å². The maximum Gasteiger partial charge on any atom is 0.157 e. The first-order valence-electron chi connectivity index (χ1n) is 6.62. The van der Waals surface area contributed by atoms with Gasteiger partial charge < -0.3 is 10.2 Å². The van der Waals surface area contributed by atoms with Gasteiger partial charge in [0.2, 0.25) is 0 Å². The van der Waals surface area contributed by atoms with Crippen LogP contribution in [0, 0.1) is 0 Å². The lowest BCUT2D eigenvalue weighted by Crippen LogP contribution is -2.29. The van der Waals surface area contributed by atoms with E-state index >= 15 is 0 Å². The Morgan fingerprint density at radius 1 is 1.00 bits per heavy atom. The second-order valence-corrected chi connectivity index (χ2v) is 5.63. The highest BCUT2D eigenvalue weighted by molar-refractivity contribution is 6.30. The Balaban J connectivity index is 1.75. The Morgan fingerprint density at radius 2 is 1.65 bits per heavy atom. The minimum absolute atomic E-state index is 0.0325. The summed E-state index contributed by atoms with van der Waals surface area (Å²) in [5.74, 6) is -0.0769. The number of benzene rings is 2. The lowest BCUT2D eigenvalue weighted by Gasteiger charge is -2.29. The molecule has 0 spiro atoms. The first-order chi connectivity index (χ1) is 9.61. The van der Waals surface area contributed by atoms with Crippen molar-refractivity contribution < 1.29 is 10.2 Å². The molecule has 0 aliphatic carbocycles. The van der Waals surface area contributed by atoms with E-state index in [2.05, 4.69) is 4.90 Å². The van der Waals surface area contributed by atoms with Crippen LogP contribution in [0.4, 0.5) is 0 Å². The average Bonchev–Trinajstić information content (AvgIpc) is 2.43. The Morgan fingerprint density at radius 3 is 2.35 bits per heavy atom. The molecule has 2 aromatic rings. The number of phenols is 2. The number of rotatable bonds is 2. The first kappa shape index (κ1) is 13.3. The topological polar surface area (TPSA) is 43.7 Å². The lowest BCUT2D eigenvalue weighted by atomic mass is 9.98. The second kappa shape index (κ2) is 5.35. The molecule has 0 bridgehead atoms. The molecule has 0 unspecified atom stereocenters. The zero-order valence-corrected chi connectivity index (χ0v) is 11.8. The maximum atomic E-state index is 9.60. The molecule has 4 heteroatoms. The molecule has 0 saturated carbocycles. The van der Waals surface area contributed by atoms with Gasteiger partial charge in [-0.3, -0.25) is 4.90 Å². The van der Waals surface area contributed by atoms with Gasteiger partial charge in [0.25, 0.3) is 0 Å². The van der Waals surface area contributed by atoms with E-state index in [-0.39, 0.29) is 11.5 Å². The molecule has 2 aromatic carbocycles. The van der Waals surface area contributed by atoms with Crippen LogP contribution >= 0.6 is 11.6 Å². The first-order valence-corrected chi connectivity index (χ1v) is 7.00. The van der Waals surface area contributed by atoms with Crippen LogP contribution in [-0.4, -0.2) is 21.7 Å². The van der Waals surface area contributed by atoms with E-state index in [1.807, 2.05) is 24.3 Å². The second-order valence-electron chi connectivity index (χ2n) is 5.20. The summed E-state index contributed by atoms with van der Waals surface area (Å²) in [4.78, 5) is 2.32. The predicted octanol–water partition coefficient (Wildman–Crippen LogP) is 3.31. The highest BCUT2D eigenvalue weighted by atomic mass is 35.5. The molecule has 1 heterocycles. The molecule has 20 heavy (non-hydrogen) atoms. The molecule has 0 radical (unpaired) electrons.